The summed E-state index contributed by atoms with van der Waals surface area (Å²) in [5.41, 5.74) is 2.06. The van der Waals surface area contributed by atoms with Crippen molar-refractivity contribution >= 4 is 5.91 Å². The summed E-state index contributed by atoms with van der Waals surface area (Å²) in [7, 11) is 0. The van der Waals surface area contributed by atoms with E-state index in [0.717, 1.165) is 11.3 Å². The number of benzene rings is 1. The van der Waals surface area contributed by atoms with E-state index in [9.17, 15) is 9.90 Å². The molecule has 2 atom stereocenters. The maximum Gasteiger partial charge on any atom is 0.223 e. The minimum absolute atomic E-state index is 0.0229. The third kappa shape index (κ3) is 3.38. The minimum atomic E-state index is -0.325. The van der Waals surface area contributed by atoms with Gasteiger partial charge in [0.25, 0.3) is 0 Å². The van der Waals surface area contributed by atoms with Crippen LogP contribution in [0.15, 0.2) is 18.2 Å². The first-order valence-electron chi connectivity index (χ1n) is 7.49. The predicted octanol–water partition coefficient (Wildman–Crippen LogP) is 2.35. The average Bonchev–Trinajstić information content (AvgIpc) is 2.43. The zero-order chi connectivity index (χ0) is 15.6. The monoisotopic (exact) mass is 291 g/mol. The molecule has 1 aliphatic carbocycles. The Balaban J connectivity index is 1.76. The van der Waals surface area contributed by atoms with E-state index in [2.05, 4.69) is 5.32 Å². The Hall–Kier alpha value is -1.55. The van der Waals surface area contributed by atoms with E-state index in [1.807, 2.05) is 45.9 Å². The molecule has 0 spiro atoms. The van der Waals surface area contributed by atoms with Gasteiger partial charge in [0.2, 0.25) is 5.91 Å². The lowest BCUT2D eigenvalue weighted by molar-refractivity contribution is -0.129. The van der Waals surface area contributed by atoms with Crippen LogP contribution in [0.1, 0.15) is 37.8 Å². The van der Waals surface area contributed by atoms with Gasteiger partial charge in [-0.25, -0.2) is 0 Å². The molecule has 4 heteroatoms. The van der Waals surface area contributed by atoms with Crippen LogP contribution in [-0.2, 0) is 4.79 Å². The highest BCUT2D eigenvalue weighted by Crippen LogP contribution is 2.40. The summed E-state index contributed by atoms with van der Waals surface area (Å²) in [6.45, 7) is 8.37. The van der Waals surface area contributed by atoms with Gasteiger partial charge in [0.1, 0.15) is 5.75 Å². The lowest BCUT2D eigenvalue weighted by atomic mass is 9.64. The molecule has 0 heterocycles. The molecule has 0 saturated heterocycles. The van der Waals surface area contributed by atoms with Gasteiger partial charge in [0.15, 0.2) is 0 Å². The molecule has 2 unspecified atom stereocenters. The molecule has 1 saturated carbocycles. The molecule has 116 valence electrons. The van der Waals surface area contributed by atoms with Gasteiger partial charge in [0.05, 0.1) is 19.1 Å². The van der Waals surface area contributed by atoms with Crippen LogP contribution >= 0.6 is 0 Å². The van der Waals surface area contributed by atoms with Crippen molar-refractivity contribution in [3.05, 3.63) is 29.3 Å². The summed E-state index contributed by atoms with van der Waals surface area (Å²) in [4.78, 5) is 11.9. The van der Waals surface area contributed by atoms with Crippen molar-refractivity contribution in [1.29, 1.82) is 0 Å². The Bertz CT molecular complexity index is 525. The molecular weight excluding hydrogens is 266 g/mol. The van der Waals surface area contributed by atoms with Gasteiger partial charge in [-0.1, -0.05) is 26.0 Å². The van der Waals surface area contributed by atoms with Gasteiger partial charge >= 0.3 is 0 Å². The van der Waals surface area contributed by atoms with Gasteiger partial charge in [0, 0.05) is 11.5 Å². The Morgan fingerprint density at radius 3 is 2.76 bits per heavy atom. The molecule has 2 N–H and O–H groups in total. The molecule has 1 amide bonds. The number of nitrogens with one attached hydrogen (secondary N) is 1. The first kappa shape index (κ1) is 15.8. The highest BCUT2D eigenvalue weighted by molar-refractivity contribution is 5.76. The van der Waals surface area contributed by atoms with Gasteiger partial charge in [-0.2, -0.15) is 0 Å². The number of aliphatic hydroxyl groups is 1. The van der Waals surface area contributed by atoms with E-state index in [0.29, 0.717) is 19.4 Å². The molecule has 0 aliphatic heterocycles. The molecule has 21 heavy (non-hydrogen) atoms. The highest BCUT2D eigenvalue weighted by atomic mass is 16.5. The van der Waals surface area contributed by atoms with Crippen LogP contribution in [0, 0.1) is 19.3 Å². The SMILES string of the molecule is Cc1cccc(OCCC(=O)NC2CC(O)C2(C)C)c1C. The standard InChI is InChI=1S/C17H25NO3/c1-11-6-5-7-13(12(11)2)21-9-8-16(20)18-14-10-15(19)17(14,3)4/h5-7,14-15,19H,8-10H2,1-4H3,(H,18,20). The van der Waals surface area contributed by atoms with Gasteiger partial charge < -0.3 is 15.2 Å². The van der Waals surface area contributed by atoms with Crippen molar-refractivity contribution in [2.75, 3.05) is 6.61 Å². The summed E-state index contributed by atoms with van der Waals surface area (Å²) in [6.07, 6.45) is 0.640. The fourth-order valence-corrected chi connectivity index (χ4v) is 2.55. The number of hydrogen-bond acceptors (Lipinski definition) is 3. The van der Waals surface area contributed by atoms with Crippen molar-refractivity contribution in [3.8, 4) is 5.75 Å². The number of rotatable bonds is 5. The van der Waals surface area contributed by atoms with E-state index in [1.165, 1.54) is 5.56 Å². The second-order valence-electron chi connectivity index (χ2n) is 6.49. The number of carbonyl (C=O) groups is 1. The van der Waals surface area contributed by atoms with Crippen LogP contribution in [0.3, 0.4) is 0 Å². The van der Waals surface area contributed by atoms with Crippen LogP contribution in [-0.4, -0.2) is 29.8 Å². The van der Waals surface area contributed by atoms with E-state index in [4.69, 9.17) is 4.74 Å². The molecule has 1 fully saturated rings. The lowest BCUT2D eigenvalue weighted by Gasteiger charge is -2.49. The molecule has 0 radical (unpaired) electrons. The summed E-state index contributed by atoms with van der Waals surface area (Å²) < 4.78 is 5.68. The molecular formula is C17H25NO3. The molecule has 1 aromatic rings. The van der Waals surface area contributed by atoms with Crippen LogP contribution in [0.25, 0.3) is 0 Å². The quantitative estimate of drug-likeness (QED) is 0.875. The second-order valence-corrected chi connectivity index (χ2v) is 6.49. The Morgan fingerprint density at radius 2 is 2.14 bits per heavy atom. The van der Waals surface area contributed by atoms with Crippen LogP contribution in [0.2, 0.25) is 0 Å². The lowest BCUT2D eigenvalue weighted by Crippen LogP contribution is -2.61. The Kier molecular flexibility index (Phi) is 4.57. The number of ether oxygens (including phenoxy) is 1. The van der Waals surface area contributed by atoms with Crippen molar-refractivity contribution < 1.29 is 14.6 Å². The molecule has 0 aromatic heterocycles. The van der Waals surface area contributed by atoms with Crippen molar-refractivity contribution in [3.63, 3.8) is 0 Å². The molecule has 1 aromatic carbocycles. The van der Waals surface area contributed by atoms with Gasteiger partial charge in [-0.3, -0.25) is 4.79 Å². The number of amides is 1. The van der Waals surface area contributed by atoms with Crippen LogP contribution < -0.4 is 10.1 Å². The zero-order valence-electron chi connectivity index (χ0n) is 13.3. The van der Waals surface area contributed by atoms with E-state index >= 15 is 0 Å². The van der Waals surface area contributed by atoms with Crippen molar-refractivity contribution in [2.24, 2.45) is 5.41 Å². The fourth-order valence-electron chi connectivity index (χ4n) is 2.55. The first-order chi connectivity index (χ1) is 9.82. The summed E-state index contributed by atoms with van der Waals surface area (Å²) in [5.74, 6) is 0.812. The number of aryl methyl sites for hydroxylation is 1. The van der Waals surface area contributed by atoms with Crippen molar-refractivity contribution in [1.82, 2.24) is 5.32 Å². The smallest absolute Gasteiger partial charge is 0.223 e. The topological polar surface area (TPSA) is 58.6 Å². The fraction of sp³-hybridized carbons (Fsp3) is 0.588. The first-order valence-corrected chi connectivity index (χ1v) is 7.49. The third-order valence-corrected chi connectivity index (χ3v) is 4.69. The summed E-state index contributed by atoms with van der Waals surface area (Å²) >= 11 is 0. The normalized spacial score (nSPS) is 23.3. The molecule has 1 aliphatic rings. The second kappa shape index (κ2) is 6.06. The zero-order valence-corrected chi connectivity index (χ0v) is 13.3. The average molecular weight is 291 g/mol. The van der Waals surface area contributed by atoms with Gasteiger partial charge in [-0.15, -0.1) is 0 Å². The summed E-state index contributed by atoms with van der Waals surface area (Å²) in [6, 6.07) is 5.97. The Labute approximate surface area is 126 Å². The van der Waals surface area contributed by atoms with Crippen LogP contribution in [0.4, 0.5) is 0 Å². The minimum Gasteiger partial charge on any atom is -0.493 e. The van der Waals surface area contributed by atoms with Crippen molar-refractivity contribution in [2.45, 2.75) is 52.7 Å². The highest BCUT2D eigenvalue weighted by Gasteiger charge is 2.47. The summed E-state index contributed by atoms with van der Waals surface area (Å²) in [5, 5.41) is 12.6. The molecule has 0 bridgehead atoms. The van der Waals surface area contributed by atoms with E-state index in [-0.39, 0.29) is 23.5 Å². The maximum absolute atomic E-state index is 11.9. The Morgan fingerprint density at radius 1 is 1.43 bits per heavy atom. The molecule has 4 nitrogen and oxygen atoms in total. The predicted molar refractivity (Wildman–Crippen MR) is 82.4 cm³/mol. The van der Waals surface area contributed by atoms with E-state index < -0.39 is 0 Å². The van der Waals surface area contributed by atoms with Crippen LogP contribution in [0.5, 0.6) is 5.75 Å². The number of hydrogen-bond donors (Lipinski definition) is 2. The maximum atomic E-state index is 11.9. The van der Waals surface area contributed by atoms with Gasteiger partial charge in [-0.05, 0) is 37.5 Å². The number of aliphatic hydroxyl groups excluding tert-OH is 1. The molecule has 2 rings (SSSR count). The number of carbonyl (C=O) groups excluding carboxylic acids is 1. The largest absolute Gasteiger partial charge is 0.493 e. The van der Waals surface area contributed by atoms with E-state index in [1.54, 1.807) is 0 Å². The third-order valence-electron chi connectivity index (χ3n) is 4.69.